The van der Waals surface area contributed by atoms with Crippen molar-refractivity contribution in [2.45, 2.75) is 62.9 Å². The number of amides is 2. The highest BCUT2D eigenvalue weighted by molar-refractivity contribution is 6.02. The van der Waals surface area contributed by atoms with Crippen molar-refractivity contribution in [3.05, 3.63) is 0 Å². The molecule has 0 spiro atoms. The van der Waals surface area contributed by atoms with Crippen LogP contribution in [0, 0.1) is 0 Å². The molecule has 2 amide bonds. The molecule has 17 heavy (non-hydrogen) atoms. The van der Waals surface area contributed by atoms with Gasteiger partial charge in [0.1, 0.15) is 12.2 Å². The quantitative estimate of drug-likeness (QED) is 0.664. The second kappa shape index (κ2) is 4.07. The predicted octanol–water partition coefficient (Wildman–Crippen LogP) is 0.206. The Balaban J connectivity index is 1.77. The van der Waals surface area contributed by atoms with Gasteiger partial charge >= 0.3 is 0 Å². The average Bonchev–Trinajstić information content (AvgIpc) is 2.76. The minimum absolute atomic E-state index is 0.0228. The Hall–Kier alpha value is -0.940. The summed E-state index contributed by atoms with van der Waals surface area (Å²) in [7, 11) is 0. The van der Waals surface area contributed by atoms with E-state index >= 15 is 0 Å². The highest BCUT2D eigenvalue weighted by Crippen LogP contribution is 2.33. The van der Waals surface area contributed by atoms with E-state index in [9.17, 15) is 14.7 Å². The SMILES string of the molecule is O=C1C2CCC(O2)C(=O)N1C1CCC(O)CC1. The number of ether oxygens (including phenoxy) is 1. The second-order valence-electron chi connectivity index (χ2n) is 5.20. The van der Waals surface area contributed by atoms with Crippen molar-refractivity contribution in [3.8, 4) is 0 Å². The normalized spacial score (nSPS) is 42.1. The predicted molar refractivity (Wildman–Crippen MR) is 58.0 cm³/mol. The Morgan fingerprint density at radius 2 is 1.47 bits per heavy atom. The van der Waals surface area contributed by atoms with E-state index in [-0.39, 0.29) is 24.0 Å². The number of carbonyl (C=O) groups is 2. The van der Waals surface area contributed by atoms with Crippen LogP contribution in [0.3, 0.4) is 0 Å². The minimum Gasteiger partial charge on any atom is -0.393 e. The van der Waals surface area contributed by atoms with Gasteiger partial charge in [0.15, 0.2) is 0 Å². The molecule has 1 aliphatic carbocycles. The van der Waals surface area contributed by atoms with E-state index in [1.165, 1.54) is 4.90 Å². The molecule has 1 N–H and O–H groups in total. The topological polar surface area (TPSA) is 66.8 Å². The monoisotopic (exact) mass is 239 g/mol. The first kappa shape index (κ1) is 11.2. The van der Waals surface area contributed by atoms with Crippen LogP contribution < -0.4 is 0 Å². The number of fused-ring (bicyclic) bond motifs is 2. The zero-order valence-corrected chi connectivity index (χ0v) is 9.67. The molecule has 5 nitrogen and oxygen atoms in total. The van der Waals surface area contributed by atoms with Crippen LogP contribution in [0.4, 0.5) is 0 Å². The molecule has 2 atom stereocenters. The van der Waals surface area contributed by atoms with Crippen LogP contribution in [0.1, 0.15) is 38.5 Å². The van der Waals surface area contributed by atoms with E-state index < -0.39 is 12.2 Å². The molecule has 3 aliphatic rings. The summed E-state index contributed by atoms with van der Waals surface area (Å²) in [6.45, 7) is 0. The molecule has 94 valence electrons. The average molecular weight is 239 g/mol. The molecule has 5 heteroatoms. The van der Waals surface area contributed by atoms with Gasteiger partial charge in [-0.2, -0.15) is 0 Å². The van der Waals surface area contributed by atoms with Crippen LogP contribution in [-0.2, 0) is 14.3 Å². The van der Waals surface area contributed by atoms with Crippen molar-refractivity contribution in [1.29, 1.82) is 0 Å². The molecular weight excluding hydrogens is 222 g/mol. The number of morpholine rings is 1. The molecule has 2 unspecified atom stereocenters. The molecule has 2 aliphatic heterocycles. The van der Waals surface area contributed by atoms with Gasteiger partial charge in [-0.3, -0.25) is 14.5 Å². The summed E-state index contributed by atoms with van der Waals surface area (Å²) >= 11 is 0. The van der Waals surface area contributed by atoms with E-state index in [0.29, 0.717) is 25.7 Å². The number of carbonyl (C=O) groups excluding carboxylic acids is 2. The molecule has 3 rings (SSSR count). The van der Waals surface area contributed by atoms with Gasteiger partial charge < -0.3 is 9.84 Å². The maximum absolute atomic E-state index is 12.1. The largest absolute Gasteiger partial charge is 0.393 e. The Morgan fingerprint density at radius 3 is 2.00 bits per heavy atom. The number of rotatable bonds is 1. The van der Waals surface area contributed by atoms with Crippen LogP contribution >= 0.6 is 0 Å². The van der Waals surface area contributed by atoms with Gasteiger partial charge in [0, 0.05) is 6.04 Å². The highest BCUT2D eigenvalue weighted by atomic mass is 16.5. The Bertz CT molecular complexity index is 326. The molecule has 2 heterocycles. The van der Waals surface area contributed by atoms with Crippen molar-refractivity contribution < 1.29 is 19.4 Å². The lowest BCUT2D eigenvalue weighted by Gasteiger charge is -2.38. The van der Waals surface area contributed by atoms with Gasteiger partial charge in [0.25, 0.3) is 11.8 Å². The number of nitrogens with zero attached hydrogens (tertiary/aromatic N) is 1. The fourth-order valence-corrected chi connectivity index (χ4v) is 3.10. The van der Waals surface area contributed by atoms with Crippen LogP contribution in [0.25, 0.3) is 0 Å². The lowest BCUT2D eigenvalue weighted by Crippen LogP contribution is -2.56. The van der Waals surface area contributed by atoms with Gasteiger partial charge in [-0.15, -0.1) is 0 Å². The van der Waals surface area contributed by atoms with Crippen molar-refractivity contribution >= 4 is 11.8 Å². The Kier molecular flexibility index (Phi) is 2.67. The fourth-order valence-electron chi connectivity index (χ4n) is 3.10. The third-order valence-electron chi connectivity index (χ3n) is 4.08. The number of likely N-dealkylation sites (tertiary alicyclic amines) is 1. The van der Waals surface area contributed by atoms with E-state index in [1.807, 2.05) is 0 Å². The lowest BCUT2D eigenvalue weighted by atomic mass is 9.91. The molecule has 0 aromatic rings. The maximum atomic E-state index is 12.1. The lowest BCUT2D eigenvalue weighted by molar-refractivity contribution is -0.172. The van der Waals surface area contributed by atoms with Crippen molar-refractivity contribution in [1.82, 2.24) is 4.90 Å². The fraction of sp³-hybridized carbons (Fsp3) is 0.833. The summed E-state index contributed by atoms with van der Waals surface area (Å²) < 4.78 is 5.37. The zero-order chi connectivity index (χ0) is 12.0. The summed E-state index contributed by atoms with van der Waals surface area (Å²) in [5.74, 6) is -0.324. The van der Waals surface area contributed by atoms with Gasteiger partial charge in [-0.1, -0.05) is 0 Å². The summed E-state index contributed by atoms with van der Waals surface area (Å²) in [5, 5.41) is 9.46. The summed E-state index contributed by atoms with van der Waals surface area (Å²) in [6, 6.07) is -0.0228. The summed E-state index contributed by atoms with van der Waals surface area (Å²) in [5.41, 5.74) is 0. The van der Waals surface area contributed by atoms with Crippen LogP contribution in [-0.4, -0.2) is 46.2 Å². The van der Waals surface area contributed by atoms with Crippen molar-refractivity contribution in [2.24, 2.45) is 0 Å². The number of hydrogen-bond donors (Lipinski definition) is 1. The van der Waals surface area contributed by atoms with Crippen molar-refractivity contribution in [3.63, 3.8) is 0 Å². The number of aliphatic hydroxyl groups is 1. The molecule has 0 aromatic carbocycles. The summed E-state index contributed by atoms with van der Waals surface area (Å²) in [4.78, 5) is 25.6. The third kappa shape index (κ3) is 1.77. The molecule has 2 bridgehead atoms. The molecular formula is C12H17NO4. The Morgan fingerprint density at radius 1 is 0.941 bits per heavy atom. The Labute approximate surface area is 99.7 Å². The first-order chi connectivity index (χ1) is 8.16. The number of aliphatic hydroxyl groups excluding tert-OH is 1. The third-order valence-corrected chi connectivity index (χ3v) is 4.08. The van der Waals surface area contributed by atoms with Gasteiger partial charge in [0.05, 0.1) is 6.10 Å². The second-order valence-corrected chi connectivity index (χ2v) is 5.20. The van der Waals surface area contributed by atoms with E-state index in [0.717, 1.165) is 12.8 Å². The van der Waals surface area contributed by atoms with Crippen LogP contribution in [0.15, 0.2) is 0 Å². The van der Waals surface area contributed by atoms with Crippen LogP contribution in [0.5, 0.6) is 0 Å². The minimum atomic E-state index is -0.399. The van der Waals surface area contributed by atoms with Gasteiger partial charge in [-0.25, -0.2) is 0 Å². The first-order valence-corrected chi connectivity index (χ1v) is 6.37. The van der Waals surface area contributed by atoms with E-state index in [1.54, 1.807) is 0 Å². The van der Waals surface area contributed by atoms with Crippen molar-refractivity contribution in [2.75, 3.05) is 0 Å². The number of hydrogen-bond acceptors (Lipinski definition) is 4. The smallest absolute Gasteiger partial charge is 0.258 e. The highest BCUT2D eigenvalue weighted by Gasteiger charge is 2.48. The molecule has 0 aromatic heterocycles. The number of imide groups is 1. The first-order valence-electron chi connectivity index (χ1n) is 6.37. The van der Waals surface area contributed by atoms with Gasteiger partial charge in [-0.05, 0) is 38.5 Å². The van der Waals surface area contributed by atoms with Crippen LogP contribution in [0.2, 0.25) is 0 Å². The molecule has 0 radical (unpaired) electrons. The van der Waals surface area contributed by atoms with E-state index in [2.05, 4.69) is 0 Å². The molecule has 3 fully saturated rings. The van der Waals surface area contributed by atoms with Gasteiger partial charge in [0.2, 0.25) is 0 Å². The zero-order valence-electron chi connectivity index (χ0n) is 9.67. The summed E-state index contributed by atoms with van der Waals surface area (Å²) in [6.07, 6.45) is 3.07. The van der Waals surface area contributed by atoms with E-state index in [4.69, 9.17) is 4.74 Å². The molecule has 2 saturated heterocycles. The maximum Gasteiger partial charge on any atom is 0.258 e. The standard InChI is InChI=1S/C12H17NO4/c14-8-3-1-7(2-4-8)13-11(15)9-5-6-10(17-9)12(13)16/h7-10,14H,1-6H2. The molecule has 1 saturated carbocycles.